The Hall–Kier alpha value is -2.49. The van der Waals surface area contributed by atoms with Crippen LogP contribution in [0.1, 0.15) is 17.4 Å². The summed E-state index contributed by atoms with van der Waals surface area (Å²) in [6.07, 6.45) is -5.44. The second-order valence-corrected chi connectivity index (χ2v) is 6.98. The molecule has 2 aliphatic rings. The molecule has 2 aromatic rings. The molecule has 0 aliphatic carbocycles. The van der Waals surface area contributed by atoms with E-state index in [1.54, 1.807) is 0 Å². The molecule has 29 heavy (non-hydrogen) atoms. The molecule has 0 spiro atoms. The van der Waals surface area contributed by atoms with Gasteiger partial charge in [-0.15, -0.1) is 0 Å². The molecule has 0 unspecified atom stereocenters. The van der Waals surface area contributed by atoms with Crippen molar-refractivity contribution in [3.8, 4) is 0 Å². The molecule has 2 aromatic carbocycles. The molecule has 8 heteroatoms. The summed E-state index contributed by atoms with van der Waals surface area (Å²) in [6.45, 7) is 0.397. The van der Waals surface area contributed by atoms with Crippen molar-refractivity contribution >= 4 is 6.09 Å². The van der Waals surface area contributed by atoms with E-state index >= 15 is 0 Å². The Labute approximate surface area is 168 Å². The maximum atomic E-state index is 11.3. The monoisotopic (exact) mass is 401 g/mol. The van der Waals surface area contributed by atoms with Gasteiger partial charge >= 0.3 is 6.09 Å². The minimum atomic E-state index is -1.28. The molecule has 3 N–H and O–H groups in total. The average Bonchev–Trinajstić information content (AvgIpc) is 2.75. The summed E-state index contributed by atoms with van der Waals surface area (Å²) in [6, 6.07) is 17.8. The van der Waals surface area contributed by atoms with Gasteiger partial charge in [-0.05, 0) is 5.56 Å². The first-order valence-electron chi connectivity index (χ1n) is 9.42. The van der Waals surface area contributed by atoms with Gasteiger partial charge in [-0.25, -0.2) is 4.79 Å². The highest BCUT2D eigenvalue weighted by Crippen LogP contribution is 2.34. The maximum Gasteiger partial charge on any atom is 0.405 e. The molecule has 6 atom stereocenters. The molecular weight excluding hydrogens is 378 g/mol. The van der Waals surface area contributed by atoms with Crippen LogP contribution in [0.4, 0.5) is 4.79 Å². The molecule has 0 saturated carbocycles. The van der Waals surface area contributed by atoms with E-state index in [4.69, 9.17) is 18.9 Å². The number of nitrogens with one attached hydrogen (secondary N) is 1. The van der Waals surface area contributed by atoms with Crippen LogP contribution in [-0.2, 0) is 25.6 Å². The number of aliphatic hydroxyl groups is 1. The van der Waals surface area contributed by atoms with Crippen LogP contribution in [0.15, 0.2) is 60.7 Å². The van der Waals surface area contributed by atoms with Crippen LogP contribution < -0.4 is 5.32 Å². The molecule has 4 rings (SSSR count). The minimum Gasteiger partial charge on any atom is -0.465 e. The summed E-state index contributed by atoms with van der Waals surface area (Å²) in [5.74, 6) is 0. The first-order chi connectivity index (χ1) is 14.1. The predicted octanol–water partition coefficient (Wildman–Crippen LogP) is 2.04. The summed E-state index contributed by atoms with van der Waals surface area (Å²) in [7, 11) is 0. The summed E-state index contributed by atoms with van der Waals surface area (Å²) < 4.78 is 23.4. The van der Waals surface area contributed by atoms with E-state index in [-0.39, 0.29) is 13.2 Å². The SMILES string of the molecule is O=C(O)N[C@H]1[C@H](OCc2ccccc2)O[C@@H]2CO[C@@H](c3ccccc3)O[C@H]2[C@@H]1O. The van der Waals surface area contributed by atoms with E-state index in [1.807, 2.05) is 60.7 Å². The average molecular weight is 401 g/mol. The fourth-order valence-electron chi connectivity index (χ4n) is 3.56. The highest BCUT2D eigenvalue weighted by Gasteiger charge is 2.50. The molecule has 2 fully saturated rings. The summed E-state index contributed by atoms with van der Waals surface area (Å²) >= 11 is 0. The molecule has 2 saturated heterocycles. The Balaban J connectivity index is 1.48. The van der Waals surface area contributed by atoms with E-state index in [0.29, 0.717) is 0 Å². The second-order valence-electron chi connectivity index (χ2n) is 6.98. The summed E-state index contributed by atoms with van der Waals surface area (Å²) in [5.41, 5.74) is 1.71. The molecule has 2 heterocycles. The lowest BCUT2D eigenvalue weighted by molar-refractivity contribution is -0.345. The molecule has 2 aliphatic heterocycles. The fraction of sp³-hybridized carbons (Fsp3) is 0.381. The molecule has 8 nitrogen and oxygen atoms in total. The van der Waals surface area contributed by atoms with Crippen molar-refractivity contribution in [2.24, 2.45) is 0 Å². The Morgan fingerprint density at radius 1 is 1.07 bits per heavy atom. The summed E-state index contributed by atoms with van der Waals surface area (Å²) in [4.78, 5) is 11.3. The van der Waals surface area contributed by atoms with Crippen molar-refractivity contribution in [3.63, 3.8) is 0 Å². The van der Waals surface area contributed by atoms with Crippen LogP contribution in [0.25, 0.3) is 0 Å². The number of hydrogen-bond donors (Lipinski definition) is 3. The van der Waals surface area contributed by atoms with Gasteiger partial charge in [0, 0.05) is 5.56 Å². The van der Waals surface area contributed by atoms with Crippen LogP contribution in [0.3, 0.4) is 0 Å². The Kier molecular flexibility index (Phi) is 6.08. The van der Waals surface area contributed by atoms with E-state index in [1.165, 1.54) is 0 Å². The number of carbonyl (C=O) groups is 1. The van der Waals surface area contributed by atoms with Gasteiger partial charge in [-0.3, -0.25) is 0 Å². The van der Waals surface area contributed by atoms with Crippen LogP contribution in [-0.4, -0.2) is 53.6 Å². The first-order valence-corrected chi connectivity index (χ1v) is 9.42. The highest BCUT2D eigenvalue weighted by atomic mass is 16.7. The van der Waals surface area contributed by atoms with Crippen molar-refractivity contribution in [2.45, 2.75) is 43.5 Å². The summed E-state index contributed by atoms with van der Waals surface area (Å²) in [5, 5.41) is 22.4. The third-order valence-electron chi connectivity index (χ3n) is 4.98. The number of hydrogen-bond acceptors (Lipinski definition) is 6. The number of carboxylic acid groups (broad SMARTS) is 1. The van der Waals surface area contributed by atoms with Gasteiger partial charge in [0.05, 0.1) is 13.2 Å². The van der Waals surface area contributed by atoms with Crippen LogP contribution in [0.5, 0.6) is 0 Å². The van der Waals surface area contributed by atoms with Gasteiger partial charge in [0.25, 0.3) is 0 Å². The zero-order valence-electron chi connectivity index (χ0n) is 15.6. The Morgan fingerprint density at radius 3 is 2.45 bits per heavy atom. The lowest BCUT2D eigenvalue weighted by atomic mass is 9.96. The maximum absolute atomic E-state index is 11.3. The smallest absolute Gasteiger partial charge is 0.405 e. The van der Waals surface area contributed by atoms with Crippen molar-refractivity contribution in [3.05, 3.63) is 71.8 Å². The number of aliphatic hydroxyl groups excluding tert-OH is 1. The molecule has 0 bridgehead atoms. The van der Waals surface area contributed by atoms with Crippen molar-refractivity contribution in [2.75, 3.05) is 6.61 Å². The zero-order valence-corrected chi connectivity index (χ0v) is 15.6. The number of fused-ring (bicyclic) bond motifs is 1. The van der Waals surface area contributed by atoms with E-state index in [2.05, 4.69) is 5.32 Å². The quantitative estimate of drug-likeness (QED) is 0.704. The van der Waals surface area contributed by atoms with Crippen molar-refractivity contribution in [1.82, 2.24) is 5.32 Å². The molecule has 0 radical (unpaired) electrons. The van der Waals surface area contributed by atoms with Crippen LogP contribution >= 0.6 is 0 Å². The third-order valence-corrected chi connectivity index (χ3v) is 4.98. The van der Waals surface area contributed by atoms with Gasteiger partial charge in [0.1, 0.15) is 24.4 Å². The van der Waals surface area contributed by atoms with Gasteiger partial charge in [0.2, 0.25) is 0 Å². The van der Waals surface area contributed by atoms with Crippen molar-refractivity contribution in [1.29, 1.82) is 0 Å². The largest absolute Gasteiger partial charge is 0.465 e. The predicted molar refractivity (Wildman–Crippen MR) is 101 cm³/mol. The standard InChI is InChI=1S/C21H23NO7/c23-17-16(22-21(24)25)20(26-11-13-7-3-1-4-8-13)28-15-12-27-19(29-18(15)17)14-9-5-2-6-10-14/h1-10,15-20,22-23H,11-12H2,(H,24,25)/t15-,16-,17-,18-,19-,20-/m1/s1. The minimum absolute atomic E-state index is 0.187. The number of benzene rings is 2. The lowest BCUT2D eigenvalue weighted by Crippen LogP contribution is -2.66. The fourth-order valence-corrected chi connectivity index (χ4v) is 3.56. The Morgan fingerprint density at radius 2 is 1.76 bits per heavy atom. The van der Waals surface area contributed by atoms with E-state index in [0.717, 1.165) is 11.1 Å². The second kappa shape index (κ2) is 8.89. The van der Waals surface area contributed by atoms with Gasteiger partial charge in [-0.2, -0.15) is 0 Å². The van der Waals surface area contributed by atoms with E-state index in [9.17, 15) is 15.0 Å². The zero-order chi connectivity index (χ0) is 20.2. The lowest BCUT2D eigenvalue weighted by Gasteiger charge is -2.47. The number of ether oxygens (including phenoxy) is 4. The van der Waals surface area contributed by atoms with Gasteiger partial charge in [-0.1, -0.05) is 60.7 Å². The van der Waals surface area contributed by atoms with Gasteiger partial charge < -0.3 is 34.5 Å². The van der Waals surface area contributed by atoms with Crippen molar-refractivity contribution < 1.29 is 34.0 Å². The molecule has 154 valence electrons. The highest BCUT2D eigenvalue weighted by molar-refractivity contribution is 5.65. The normalized spacial score (nSPS) is 31.6. The van der Waals surface area contributed by atoms with Crippen LogP contribution in [0.2, 0.25) is 0 Å². The molecule has 1 amide bonds. The number of rotatable bonds is 5. The Bertz CT molecular complexity index is 803. The first kappa shape index (κ1) is 19.8. The number of amides is 1. The topological polar surface area (TPSA) is 106 Å². The van der Waals surface area contributed by atoms with Gasteiger partial charge in [0.15, 0.2) is 12.6 Å². The molecule has 0 aromatic heterocycles. The van der Waals surface area contributed by atoms with Crippen LogP contribution in [0, 0.1) is 0 Å². The third kappa shape index (κ3) is 4.58. The molecular formula is C21H23NO7. The van der Waals surface area contributed by atoms with E-state index < -0.39 is 43.0 Å².